The number of aliphatic hydroxyl groups is 1. The first-order valence-electron chi connectivity index (χ1n) is 3.78. The van der Waals surface area contributed by atoms with Crippen LogP contribution in [0, 0.1) is 0 Å². The van der Waals surface area contributed by atoms with Crippen molar-refractivity contribution in [2.75, 3.05) is 26.3 Å². The van der Waals surface area contributed by atoms with Gasteiger partial charge in [-0.2, -0.15) is 0 Å². The topological polar surface area (TPSA) is 41.5 Å². The van der Waals surface area contributed by atoms with Gasteiger partial charge in [-0.05, 0) is 6.42 Å². The van der Waals surface area contributed by atoms with Crippen molar-refractivity contribution in [3.63, 3.8) is 0 Å². The van der Waals surface area contributed by atoms with Gasteiger partial charge in [-0.25, -0.2) is 0 Å². The van der Waals surface area contributed by atoms with E-state index < -0.39 is 0 Å². The maximum absolute atomic E-state index is 8.90. The van der Waals surface area contributed by atoms with E-state index in [1.165, 1.54) is 0 Å². The van der Waals surface area contributed by atoms with E-state index in [0.29, 0.717) is 0 Å². The van der Waals surface area contributed by atoms with Crippen LogP contribution < -0.4 is 5.32 Å². The molecular weight excluding hydrogens is 130 g/mol. The van der Waals surface area contributed by atoms with Crippen molar-refractivity contribution in [1.29, 1.82) is 0 Å². The van der Waals surface area contributed by atoms with Crippen LogP contribution in [0.2, 0.25) is 0 Å². The minimum Gasteiger partial charge on any atom is -0.393 e. The molecule has 10 heavy (non-hydrogen) atoms. The maximum atomic E-state index is 8.90. The predicted molar refractivity (Wildman–Crippen MR) is 38.9 cm³/mol. The summed E-state index contributed by atoms with van der Waals surface area (Å²) in [5.41, 5.74) is -0.240. The normalized spacial score (nSPS) is 22.2. The van der Waals surface area contributed by atoms with Gasteiger partial charge in [0.2, 0.25) is 0 Å². The third-order valence-corrected chi connectivity index (χ3v) is 1.79. The van der Waals surface area contributed by atoms with Crippen molar-refractivity contribution in [3.05, 3.63) is 0 Å². The molecule has 0 aromatic carbocycles. The van der Waals surface area contributed by atoms with Gasteiger partial charge in [0.25, 0.3) is 0 Å². The molecule has 0 spiro atoms. The number of aliphatic hydroxyl groups excluding tert-OH is 1. The van der Waals surface area contributed by atoms with Crippen LogP contribution in [0.1, 0.15) is 13.3 Å². The SMILES string of the molecule is CCCOC1(CO)CNC1. The summed E-state index contributed by atoms with van der Waals surface area (Å²) in [6.45, 7) is 4.55. The van der Waals surface area contributed by atoms with E-state index in [1.54, 1.807) is 0 Å². The van der Waals surface area contributed by atoms with E-state index in [1.807, 2.05) is 0 Å². The molecule has 0 atom stereocenters. The lowest BCUT2D eigenvalue weighted by Gasteiger charge is -2.40. The Morgan fingerprint density at radius 3 is 2.60 bits per heavy atom. The van der Waals surface area contributed by atoms with Crippen LogP contribution in [0.25, 0.3) is 0 Å². The number of hydrogen-bond acceptors (Lipinski definition) is 3. The molecule has 3 heteroatoms. The van der Waals surface area contributed by atoms with Gasteiger partial charge in [0, 0.05) is 19.7 Å². The van der Waals surface area contributed by atoms with Crippen molar-refractivity contribution in [1.82, 2.24) is 5.32 Å². The molecule has 2 N–H and O–H groups in total. The summed E-state index contributed by atoms with van der Waals surface area (Å²) in [5, 5.41) is 12.0. The van der Waals surface area contributed by atoms with Crippen molar-refractivity contribution in [3.8, 4) is 0 Å². The van der Waals surface area contributed by atoms with Gasteiger partial charge in [0.1, 0.15) is 5.60 Å². The molecule has 0 saturated carbocycles. The standard InChI is InChI=1S/C7H15NO2/c1-2-3-10-7(6-9)4-8-5-7/h8-9H,2-6H2,1H3. The van der Waals surface area contributed by atoms with E-state index in [4.69, 9.17) is 9.84 Å². The first-order chi connectivity index (χ1) is 4.83. The summed E-state index contributed by atoms with van der Waals surface area (Å²) in [4.78, 5) is 0. The zero-order valence-electron chi connectivity index (χ0n) is 6.39. The average Bonchev–Trinajstić information content (AvgIpc) is 1.87. The van der Waals surface area contributed by atoms with E-state index in [9.17, 15) is 0 Å². The Hall–Kier alpha value is -0.120. The van der Waals surface area contributed by atoms with Crippen LogP contribution in [-0.4, -0.2) is 37.0 Å². The Morgan fingerprint density at radius 2 is 2.30 bits per heavy atom. The highest BCUT2D eigenvalue weighted by molar-refractivity contribution is 4.93. The van der Waals surface area contributed by atoms with Crippen molar-refractivity contribution >= 4 is 0 Å². The van der Waals surface area contributed by atoms with Gasteiger partial charge in [-0.15, -0.1) is 0 Å². The van der Waals surface area contributed by atoms with Crippen molar-refractivity contribution < 1.29 is 9.84 Å². The minimum atomic E-state index is -0.240. The molecule has 0 aliphatic carbocycles. The summed E-state index contributed by atoms with van der Waals surface area (Å²) in [7, 11) is 0. The molecule has 1 aliphatic heterocycles. The fraction of sp³-hybridized carbons (Fsp3) is 1.00. The molecule has 1 aliphatic rings. The number of nitrogens with one attached hydrogen (secondary N) is 1. The largest absolute Gasteiger partial charge is 0.393 e. The molecule has 0 aromatic heterocycles. The van der Waals surface area contributed by atoms with E-state index >= 15 is 0 Å². The van der Waals surface area contributed by atoms with Crippen LogP contribution in [0.15, 0.2) is 0 Å². The number of ether oxygens (including phenoxy) is 1. The smallest absolute Gasteiger partial charge is 0.116 e. The Labute approximate surface area is 61.4 Å². The fourth-order valence-corrected chi connectivity index (χ4v) is 0.982. The molecule has 0 radical (unpaired) electrons. The fourth-order valence-electron chi connectivity index (χ4n) is 0.982. The molecular formula is C7H15NO2. The van der Waals surface area contributed by atoms with Gasteiger partial charge in [0.05, 0.1) is 6.61 Å². The Balaban J connectivity index is 2.20. The van der Waals surface area contributed by atoms with Crippen LogP contribution in [-0.2, 0) is 4.74 Å². The molecule has 3 nitrogen and oxygen atoms in total. The highest BCUT2D eigenvalue weighted by Gasteiger charge is 2.36. The van der Waals surface area contributed by atoms with E-state index in [-0.39, 0.29) is 12.2 Å². The zero-order valence-corrected chi connectivity index (χ0v) is 6.39. The van der Waals surface area contributed by atoms with Crippen LogP contribution >= 0.6 is 0 Å². The second-order valence-corrected chi connectivity index (χ2v) is 2.79. The lowest BCUT2D eigenvalue weighted by molar-refractivity contribution is -0.110. The Kier molecular flexibility index (Phi) is 2.65. The minimum absolute atomic E-state index is 0.139. The summed E-state index contributed by atoms with van der Waals surface area (Å²) in [6, 6.07) is 0. The molecule has 1 fully saturated rings. The second kappa shape index (κ2) is 3.32. The summed E-state index contributed by atoms with van der Waals surface area (Å²) in [5.74, 6) is 0. The molecule has 60 valence electrons. The Bertz CT molecular complexity index is 96.3. The second-order valence-electron chi connectivity index (χ2n) is 2.79. The highest BCUT2D eigenvalue weighted by atomic mass is 16.5. The molecule has 1 saturated heterocycles. The number of rotatable bonds is 4. The average molecular weight is 145 g/mol. The highest BCUT2D eigenvalue weighted by Crippen LogP contribution is 2.15. The quantitative estimate of drug-likeness (QED) is 0.573. The lowest BCUT2D eigenvalue weighted by Crippen LogP contribution is -2.63. The van der Waals surface area contributed by atoms with Crippen LogP contribution in [0.3, 0.4) is 0 Å². The van der Waals surface area contributed by atoms with Gasteiger partial charge in [-0.1, -0.05) is 6.92 Å². The molecule has 0 amide bonds. The van der Waals surface area contributed by atoms with Gasteiger partial charge in [-0.3, -0.25) is 0 Å². The van der Waals surface area contributed by atoms with Crippen molar-refractivity contribution in [2.45, 2.75) is 18.9 Å². The molecule has 0 aromatic rings. The molecule has 0 unspecified atom stereocenters. The first kappa shape index (κ1) is 7.98. The Morgan fingerprint density at radius 1 is 1.60 bits per heavy atom. The van der Waals surface area contributed by atoms with Gasteiger partial charge < -0.3 is 15.2 Å². The summed E-state index contributed by atoms with van der Waals surface area (Å²) < 4.78 is 5.45. The molecule has 1 rings (SSSR count). The molecule has 1 heterocycles. The summed E-state index contributed by atoms with van der Waals surface area (Å²) in [6.07, 6.45) is 1.02. The van der Waals surface area contributed by atoms with E-state index in [0.717, 1.165) is 26.1 Å². The summed E-state index contributed by atoms with van der Waals surface area (Å²) >= 11 is 0. The van der Waals surface area contributed by atoms with Crippen LogP contribution in [0.5, 0.6) is 0 Å². The predicted octanol–water partition coefficient (Wildman–Crippen LogP) is -0.253. The third kappa shape index (κ3) is 1.48. The first-order valence-corrected chi connectivity index (χ1v) is 3.78. The monoisotopic (exact) mass is 145 g/mol. The van der Waals surface area contributed by atoms with Crippen molar-refractivity contribution in [2.24, 2.45) is 0 Å². The third-order valence-electron chi connectivity index (χ3n) is 1.79. The van der Waals surface area contributed by atoms with Gasteiger partial charge in [0.15, 0.2) is 0 Å². The van der Waals surface area contributed by atoms with Gasteiger partial charge >= 0.3 is 0 Å². The number of hydrogen-bond donors (Lipinski definition) is 2. The zero-order chi connectivity index (χ0) is 7.45. The maximum Gasteiger partial charge on any atom is 0.116 e. The lowest BCUT2D eigenvalue weighted by atomic mass is 9.98. The van der Waals surface area contributed by atoms with Crippen LogP contribution in [0.4, 0.5) is 0 Å². The molecule has 0 bridgehead atoms. The van der Waals surface area contributed by atoms with E-state index in [2.05, 4.69) is 12.2 Å².